The second-order valence-corrected chi connectivity index (χ2v) is 7.21. The van der Waals surface area contributed by atoms with Crippen LogP contribution in [0.5, 0.6) is 0 Å². The second kappa shape index (κ2) is 6.95. The van der Waals surface area contributed by atoms with Gasteiger partial charge in [0.05, 0.1) is 5.69 Å². The minimum Gasteiger partial charge on any atom is -0.370 e. The fraction of sp³-hybridized carbons (Fsp3) is 0.526. The van der Waals surface area contributed by atoms with Crippen molar-refractivity contribution in [3.63, 3.8) is 0 Å². The normalized spacial score (nSPS) is 23.9. The summed E-state index contributed by atoms with van der Waals surface area (Å²) in [5.41, 5.74) is 2.51. The lowest BCUT2D eigenvalue weighted by atomic mass is 10.1. The molecule has 5 nitrogen and oxygen atoms in total. The van der Waals surface area contributed by atoms with Crippen molar-refractivity contribution in [1.29, 1.82) is 0 Å². The average Bonchev–Trinajstić information content (AvgIpc) is 3.18. The predicted octanol–water partition coefficient (Wildman–Crippen LogP) is 2.10. The number of benzene rings is 1. The minimum atomic E-state index is 0.611. The van der Waals surface area contributed by atoms with Gasteiger partial charge >= 0.3 is 0 Å². The van der Waals surface area contributed by atoms with Gasteiger partial charge in [0.15, 0.2) is 0 Å². The van der Waals surface area contributed by atoms with Gasteiger partial charge < -0.3 is 10.6 Å². The Bertz CT molecular complexity index is 666. The number of fused-ring (bicyclic) bond motifs is 1. The first-order chi connectivity index (χ1) is 11.8. The first-order valence-electron chi connectivity index (χ1n) is 9.04. The highest BCUT2D eigenvalue weighted by molar-refractivity contribution is 5.38. The fourth-order valence-electron chi connectivity index (χ4n) is 3.84. The molecule has 0 amide bonds. The molecular formula is C19H27N5. The second-order valence-electron chi connectivity index (χ2n) is 7.21. The first-order valence-corrected chi connectivity index (χ1v) is 9.04. The maximum Gasteiger partial charge on any atom is 0.124 e. The zero-order valence-corrected chi connectivity index (χ0v) is 14.4. The number of nitrogens with one attached hydrogen (secondary N) is 2. The van der Waals surface area contributed by atoms with Gasteiger partial charge in [-0.1, -0.05) is 30.3 Å². The van der Waals surface area contributed by atoms with Crippen LogP contribution in [0.15, 0.2) is 36.4 Å². The average molecular weight is 325 g/mol. The van der Waals surface area contributed by atoms with E-state index in [1.54, 1.807) is 0 Å². The van der Waals surface area contributed by atoms with Crippen LogP contribution in [0.2, 0.25) is 0 Å². The molecule has 2 aliphatic heterocycles. The van der Waals surface area contributed by atoms with Crippen molar-refractivity contribution in [2.45, 2.75) is 32.5 Å². The maximum atomic E-state index is 4.56. The summed E-state index contributed by atoms with van der Waals surface area (Å²) in [6, 6.07) is 13.5. The number of likely N-dealkylation sites (tertiary alicyclic amines) is 1. The molecule has 1 fully saturated rings. The summed E-state index contributed by atoms with van der Waals surface area (Å²) < 4.78 is 2.11. The lowest BCUT2D eigenvalue weighted by Gasteiger charge is -2.26. The molecule has 3 heterocycles. The highest BCUT2D eigenvalue weighted by atomic mass is 15.3. The molecule has 5 heteroatoms. The van der Waals surface area contributed by atoms with Crippen LogP contribution in [-0.4, -0.2) is 46.9 Å². The molecular weight excluding hydrogens is 298 g/mol. The largest absolute Gasteiger partial charge is 0.370 e. The Morgan fingerprint density at radius 1 is 1.25 bits per heavy atom. The summed E-state index contributed by atoms with van der Waals surface area (Å²) in [5, 5.41) is 11.8. The van der Waals surface area contributed by atoms with Crippen molar-refractivity contribution in [3.8, 4) is 0 Å². The molecule has 2 aliphatic rings. The standard InChI is InChI=1S/C19H27N5/c1-15-9-19-21-11-17(13-24(19)22-15)10-20-18-7-8-23(14-18)12-16-5-3-2-4-6-16/h2-6,9,17-18,20-21H,7-8,10-14H2,1H3/t17-,18+/m1/s1. The van der Waals surface area contributed by atoms with Gasteiger partial charge in [-0.2, -0.15) is 5.10 Å². The predicted molar refractivity (Wildman–Crippen MR) is 97.1 cm³/mol. The van der Waals surface area contributed by atoms with E-state index in [-0.39, 0.29) is 0 Å². The van der Waals surface area contributed by atoms with Crippen molar-refractivity contribution in [2.24, 2.45) is 5.92 Å². The van der Waals surface area contributed by atoms with E-state index in [0.717, 1.165) is 38.4 Å². The number of aryl methyl sites for hydroxylation is 1. The summed E-state index contributed by atoms with van der Waals surface area (Å²) in [6.45, 7) is 8.59. The van der Waals surface area contributed by atoms with Crippen LogP contribution in [0, 0.1) is 12.8 Å². The zero-order chi connectivity index (χ0) is 16.4. The molecule has 24 heavy (non-hydrogen) atoms. The van der Waals surface area contributed by atoms with Crippen molar-refractivity contribution in [2.75, 3.05) is 31.5 Å². The van der Waals surface area contributed by atoms with E-state index in [4.69, 9.17) is 0 Å². The number of hydrogen-bond donors (Lipinski definition) is 2. The molecule has 4 rings (SSSR count). The van der Waals surface area contributed by atoms with E-state index < -0.39 is 0 Å². The topological polar surface area (TPSA) is 45.1 Å². The number of rotatable bonds is 5. The van der Waals surface area contributed by atoms with Gasteiger partial charge in [0.25, 0.3) is 0 Å². The summed E-state index contributed by atoms with van der Waals surface area (Å²) in [4.78, 5) is 2.56. The fourth-order valence-corrected chi connectivity index (χ4v) is 3.84. The lowest BCUT2D eigenvalue weighted by Crippen LogP contribution is -2.40. The van der Waals surface area contributed by atoms with Crippen molar-refractivity contribution < 1.29 is 0 Å². The van der Waals surface area contributed by atoms with E-state index in [2.05, 4.69) is 68.6 Å². The Kier molecular flexibility index (Phi) is 4.54. The van der Waals surface area contributed by atoms with Gasteiger partial charge in [0, 0.05) is 57.3 Å². The highest BCUT2D eigenvalue weighted by Gasteiger charge is 2.24. The molecule has 0 aliphatic carbocycles. The number of nitrogens with zero attached hydrogens (tertiary/aromatic N) is 3. The molecule has 0 spiro atoms. The van der Waals surface area contributed by atoms with Crippen LogP contribution in [0.4, 0.5) is 5.82 Å². The van der Waals surface area contributed by atoms with E-state index in [0.29, 0.717) is 12.0 Å². The third-order valence-corrected chi connectivity index (χ3v) is 5.12. The van der Waals surface area contributed by atoms with Crippen LogP contribution in [0.3, 0.4) is 0 Å². The van der Waals surface area contributed by atoms with E-state index in [9.17, 15) is 0 Å². The van der Waals surface area contributed by atoms with E-state index in [1.807, 2.05) is 0 Å². The van der Waals surface area contributed by atoms with Gasteiger partial charge in [0.2, 0.25) is 0 Å². The maximum absolute atomic E-state index is 4.56. The van der Waals surface area contributed by atoms with Crippen LogP contribution >= 0.6 is 0 Å². The Labute approximate surface area is 144 Å². The third kappa shape index (κ3) is 3.62. The molecule has 0 unspecified atom stereocenters. The summed E-state index contributed by atoms with van der Waals surface area (Å²) >= 11 is 0. The summed E-state index contributed by atoms with van der Waals surface area (Å²) in [5.74, 6) is 1.78. The van der Waals surface area contributed by atoms with Gasteiger partial charge in [-0.3, -0.25) is 4.90 Å². The van der Waals surface area contributed by atoms with Crippen LogP contribution < -0.4 is 10.6 Å². The quantitative estimate of drug-likeness (QED) is 0.884. The zero-order valence-electron chi connectivity index (χ0n) is 14.4. The Morgan fingerprint density at radius 2 is 2.12 bits per heavy atom. The Hall–Kier alpha value is -1.85. The van der Waals surface area contributed by atoms with E-state index in [1.165, 1.54) is 24.3 Å². The molecule has 0 saturated carbocycles. The molecule has 0 bridgehead atoms. The Morgan fingerprint density at radius 3 is 3.00 bits per heavy atom. The lowest BCUT2D eigenvalue weighted by molar-refractivity contribution is 0.312. The van der Waals surface area contributed by atoms with Crippen molar-refractivity contribution in [1.82, 2.24) is 20.0 Å². The van der Waals surface area contributed by atoms with Gasteiger partial charge in [-0.05, 0) is 18.9 Å². The molecule has 1 aromatic heterocycles. The summed E-state index contributed by atoms with van der Waals surface area (Å²) in [6.07, 6.45) is 1.25. The molecule has 0 radical (unpaired) electrons. The molecule has 2 N–H and O–H groups in total. The van der Waals surface area contributed by atoms with Crippen LogP contribution in [-0.2, 0) is 13.1 Å². The molecule has 2 aromatic rings. The molecule has 2 atom stereocenters. The van der Waals surface area contributed by atoms with Gasteiger partial charge in [0.1, 0.15) is 5.82 Å². The smallest absolute Gasteiger partial charge is 0.124 e. The van der Waals surface area contributed by atoms with Crippen molar-refractivity contribution >= 4 is 5.82 Å². The third-order valence-electron chi connectivity index (χ3n) is 5.12. The molecule has 1 saturated heterocycles. The van der Waals surface area contributed by atoms with Gasteiger partial charge in [-0.25, -0.2) is 4.68 Å². The van der Waals surface area contributed by atoms with Crippen LogP contribution in [0.25, 0.3) is 0 Å². The highest BCUT2D eigenvalue weighted by Crippen LogP contribution is 2.19. The number of hydrogen-bond acceptors (Lipinski definition) is 4. The first kappa shape index (κ1) is 15.7. The number of anilines is 1. The Balaban J connectivity index is 1.23. The SMILES string of the molecule is Cc1cc2n(n1)C[C@H](CN[C@H]1CCN(Cc3ccccc3)C1)CN2. The summed E-state index contributed by atoms with van der Waals surface area (Å²) in [7, 11) is 0. The number of aromatic nitrogens is 2. The van der Waals surface area contributed by atoms with Crippen LogP contribution in [0.1, 0.15) is 17.7 Å². The molecule has 128 valence electrons. The minimum absolute atomic E-state index is 0.611. The van der Waals surface area contributed by atoms with E-state index >= 15 is 0 Å². The molecule has 1 aromatic carbocycles. The monoisotopic (exact) mass is 325 g/mol. The van der Waals surface area contributed by atoms with Gasteiger partial charge in [-0.15, -0.1) is 0 Å². The van der Waals surface area contributed by atoms with Crippen molar-refractivity contribution in [3.05, 3.63) is 47.7 Å².